The van der Waals surface area contributed by atoms with E-state index in [1.165, 1.54) is 11.1 Å². The molecule has 1 aliphatic rings. The fourth-order valence-electron chi connectivity index (χ4n) is 3.02. The summed E-state index contributed by atoms with van der Waals surface area (Å²) in [5.41, 5.74) is 2.25. The number of benzene rings is 2. The fourth-order valence-corrected chi connectivity index (χ4v) is 3.02. The van der Waals surface area contributed by atoms with Gasteiger partial charge in [-0.05, 0) is 49.2 Å². The summed E-state index contributed by atoms with van der Waals surface area (Å²) in [6, 6.07) is 16.3. The van der Waals surface area contributed by atoms with Crippen molar-refractivity contribution >= 4 is 0 Å². The summed E-state index contributed by atoms with van der Waals surface area (Å²) in [6.45, 7) is 10.4. The van der Waals surface area contributed by atoms with Crippen LogP contribution in [-0.2, 0) is 14.9 Å². The van der Waals surface area contributed by atoms with E-state index in [0.717, 1.165) is 18.1 Å². The summed E-state index contributed by atoms with van der Waals surface area (Å²) in [6.07, 6.45) is -0.170. The van der Waals surface area contributed by atoms with Crippen molar-refractivity contribution in [3.05, 3.63) is 59.7 Å². The number of aliphatic hydroxyl groups is 1. The van der Waals surface area contributed by atoms with Gasteiger partial charge in [-0.1, -0.05) is 38.1 Å². The minimum Gasteiger partial charge on any atom is -0.491 e. The maximum absolute atomic E-state index is 9.34. The normalized spacial score (nSPS) is 18.2. The lowest BCUT2D eigenvalue weighted by molar-refractivity contribution is 0.0241. The molecule has 3 atom stereocenters. The van der Waals surface area contributed by atoms with Gasteiger partial charge in [0.15, 0.2) is 0 Å². The molecule has 1 fully saturated rings. The summed E-state index contributed by atoms with van der Waals surface area (Å²) in [5, 5.41) is 9.34. The van der Waals surface area contributed by atoms with Gasteiger partial charge < -0.3 is 24.1 Å². The Balaban J connectivity index is 1.55. The van der Waals surface area contributed by atoms with Gasteiger partial charge >= 0.3 is 0 Å². The van der Waals surface area contributed by atoms with Gasteiger partial charge in [0, 0.05) is 5.41 Å². The molecule has 29 heavy (non-hydrogen) atoms. The van der Waals surface area contributed by atoms with Crippen molar-refractivity contribution in [2.75, 3.05) is 26.4 Å². The van der Waals surface area contributed by atoms with Crippen LogP contribution in [0.25, 0.3) is 0 Å². The van der Waals surface area contributed by atoms with Gasteiger partial charge in [-0.2, -0.15) is 0 Å². The topological polar surface area (TPSA) is 60.5 Å². The Bertz CT molecular complexity index is 748. The third-order valence-electron chi connectivity index (χ3n) is 5.10. The highest BCUT2D eigenvalue weighted by molar-refractivity contribution is 5.41. The van der Waals surface area contributed by atoms with Gasteiger partial charge in [-0.15, -0.1) is 0 Å². The maximum Gasteiger partial charge on any atom is 0.119 e. The second-order valence-corrected chi connectivity index (χ2v) is 8.24. The van der Waals surface area contributed by atoms with Gasteiger partial charge in [-0.25, -0.2) is 0 Å². The van der Waals surface area contributed by atoms with Crippen molar-refractivity contribution in [3.63, 3.8) is 0 Å². The van der Waals surface area contributed by atoms with E-state index in [1.807, 2.05) is 31.2 Å². The molecule has 1 heterocycles. The number of epoxide rings is 1. The van der Waals surface area contributed by atoms with E-state index in [2.05, 4.69) is 38.1 Å². The molecule has 3 unspecified atom stereocenters. The van der Waals surface area contributed by atoms with E-state index in [0.29, 0.717) is 19.8 Å². The molecule has 1 saturated heterocycles. The van der Waals surface area contributed by atoms with Crippen molar-refractivity contribution in [2.24, 2.45) is 0 Å². The number of hydrogen-bond acceptors (Lipinski definition) is 5. The van der Waals surface area contributed by atoms with Crippen LogP contribution in [0.1, 0.15) is 38.8 Å². The van der Waals surface area contributed by atoms with Gasteiger partial charge in [-0.3, -0.25) is 0 Å². The quantitative estimate of drug-likeness (QED) is 0.579. The van der Waals surface area contributed by atoms with E-state index >= 15 is 0 Å². The van der Waals surface area contributed by atoms with E-state index < -0.39 is 6.10 Å². The molecule has 3 rings (SSSR count). The molecule has 5 heteroatoms. The van der Waals surface area contributed by atoms with Crippen LogP contribution >= 0.6 is 0 Å². The molecule has 158 valence electrons. The Hall–Kier alpha value is -2.08. The molecule has 0 amide bonds. The number of ether oxygens (including phenoxy) is 4. The largest absolute Gasteiger partial charge is 0.491 e. The van der Waals surface area contributed by atoms with Crippen LogP contribution in [0.3, 0.4) is 0 Å². The summed E-state index contributed by atoms with van der Waals surface area (Å²) in [4.78, 5) is 0. The van der Waals surface area contributed by atoms with Crippen LogP contribution in [0.4, 0.5) is 0 Å². The van der Waals surface area contributed by atoms with Crippen molar-refractivity contribution in [1.29, 1.82) is 0 Å². The van der Waals surface area contributed by atoms with Crippen LogP contribution in [0.2, 0.25) is 0 Å². The Kier molecular flexibility index (Phi) is 7.17. The molecule has 2 aromatic rings. The molecule has 0 aliphatic carbocycles. The lowest BCUT2D eigenvalue weighted by atomic mass is 9.78. The van der Waals surface area contributed by atoms with Crippen LogP contribution in [0, 0.1) is 0 Å². The lowest BCUT2D eigenvalue weighted by Crippen LogP contribution is -2.21. The molecule has 2 aromatic carbocycles. The van der Waals surface area contributed by atoms with Crippen molar-refractivity contribution in [2.45, 2.75) is 51.4 Å². The lowest BCUT2D eigenvalue weighted by Gasteiger charge is -2.26. The number of rotatable bonds is 11. The third kappa shape index (κ3) is 6.46. The van der Waals surface area contributed by atoms with Gasteiger partial charge in [0.1, 0.15) is 30.8 Å². The number of aliphatic hydroxyl groups excluding tert-OH is 1. The van der Waals surface area contributed by atoms with Crippen LogP contribution < -0.4 is 9.47 Å². The summed E-state index contributed by atoms with van der Waals surface area (Å²) in [5.74, 6) is 1.60. The fraction of sp³-hybridized carbons (Fsp3) is 0.500. The van der Waals surface area contributed by atoms with Crippen molar-refractivity contribution in [1.82, 2.24) is 0 Å². The molecule has 0 aromatic heterocycles. The predicted molar refractivity (Wildman–Crippen MR) is 113 cm³/mol. The van der Waals surface area contributed by atoms with Crippen LogP contribution in [0.15, 0.2) is 48.5 Å². The van der Waals surface area contributed by atoms with Crippen molar-refractivity contribution in [3.8, 4) is 11.5 Å². The molecule has 0 spiro atoms. The second kappa shape index (κ2) is 9.61. The Labute approximate surface area is 173 Å². The van der Waals surface area contributed by atoms with Crippen LogP contribution in [0.5, 0.6) is 11.5 Å². The minimum atomic E-state index is -0.478. The molecular formula is C24H32O5. The monoisotopic (exact) mass is 400 g/mol. The highest BCUT2D eigenvalue weighted by Crippen LogP contribution is 2.33. The van der Waals surface area contributed by atoms with Gasteiger partial charge in [0.05, 0.1) is 25.4 Å². The van der Waals surface area contributed by atoms with E-state index in [4.69, 9.17) is 18.9 Å². The summed E-state index contributed by atoms with van der Waals surface area (Å²) >= 11 is 0. The highest BCUT2D eigenvalue weighted by Gasteiger charge is 2.24. The Morgan fingerprint density at radius 2 is 1.41 bits per heavy atom. The zero-order valence-corrected chi connectivity index (χ0v) is 17.8. The molecule has 1 N–H and O–H groups in total. The predicted octanol–water partition coefficient (Wildman–Crippen LogP) is 3.95. The summed E-state index contributed by atoms with van der Waals surface area (Å²) < 4.78 is 22.2. The van der Waals surface area contributed by atoms with E-state index in [9.17, 15) is 5.11 Å². The van der Waals surface area contributed by atoms with Gasteiger partial charge in [0.25, 0.3) is 0 Å². The average Bonchev–Trinajstić information content (AvgIpc) is 3.54. The molecule has 0 bridgehead atoms. The standard InChI is InChI=1S/C24H32O5/c1-17(25)13-27-21-9-5-19(6-10-21)24(3,4)20-7-11-22(12-8-20)28-14-18(2)26-15-23-16-29-23/h5-12,17-18,23,25H,13-16H2,1-4H3. The maximum atomic E-state index is 9.34. The second-order valence-electron chi connectivity index (χ2n) is 8.24. The average molecular weight is 401 g/mol. The first-order valence-electron chi connectivity index (χ1n) is 10.2. The Morgan fingerprint density at radius 1 is 0.931 bits per heavy atom. The van der Waals surface area contributed by atoms with E-state index in [-0.39, 0.29) is 17.6 Å². The zero-order valence-electron chi connectivity index (χ0n) is 17.8. The van der Waals surface area contributed by atoms with Gasteiger partial charge in [0.2, 0.25) is 0 Å². The molecule has 5 nitrogen and oxygen atoms in total. The van der Waals surface area contributed by atoms with Crippen molar-refractivity contribution < 1.29 is 24.1 Å². The smallest absolute Gasteiger partial charge is 0.119 e. The molecule has 0 radical (unpaired) electrons. The number of hydrogen-bond donors (Lipinski definition) is 1. The summed E-state index contributed by atoms with van der Waals surface area (Å²) in [7, 11) is 0. The Morgan fingerprint density at radius 3 is 1.86 bits per heavy atom. The first kappa shape index (κ1) is 21.6. The first-order valence-corrected chi connectivity index (χ1v) is 10.2. The minimum absolute atomic E-state index is 0.0323. The third-order valence-corrected chi connectivity index (χ3v) is 5.10. The zero-order chi connectivity index (χ0) is 20.9. The van der Waals surface area contributed by atoms with E-state index in [1.54, 1.807) is 6.92 Å². The molecule has 0 saturated carbocycles. The van der Waals surface area contributed by atoms with Crippen LogP contribution in [-0.4, -0.2) is 49.8 Å². The highest BCUT2D eigenvalue weighted by atomic mass is 16.6. The SMILES string of the molecule is CC(O)COc1ccc(C(C)(C)c2ccc(OCC(C)OCC3CO3)cc2)cc1. The molecular weight excluding hydrogens is 368 g/mol. The first-order chi connectivity index (χ1) is 13.8. The molecule has 1 aliphatic heterocycles.